The van der Waals surface area contributed by atoms with Crippen molar-refractivity contribution in [3.8, 4) is 0 Å². The maximum atomic E-state index is 3.57. The minimum atomic E-state index is 0.724. The van der Waals surface area contributed by atoms with Gasteiger partial charge in [0.15, 0.2) is 0 Å². The number of nitrogens with one attached hydrogen (secondary N) is 1. The minimum Gasteiger partial charge on any atom is -0.314 e. The molecule has 0 aromatic rings. The molecule has 0 aliphatic heterocycles. The lowest BCUT2D eigenvalue weighted by molar-refractivity contribution is 0.184. The molecule has 0 saturated heterocycles. The molecule has 1 heteroatoms. The maximum absolute atomic E-state index is 3.57. The highest BCUT2D eigenvalue weighted by Gasteiger charge is 2.26. The lowest BCUT2D eigenvalue weighted by Gasteiger charge is -2.35. The molecule has 14 heavy (non-hydrogen) atoms. The molecule has 0 spiro atoms. The third kappa shape index (κ3) is 3.27. The van der Waals surface area contributed by atoms with Gasteiger partial charge in [0.25, 0.3) is 0 Å². The van der Waals surface area contributed by atoms with E-state index in [2.05, 4.69) is 33.0 Å². The number of hydrogen-bond acceptors (Lipinski definition) is 1. The fourth-order valence-electron chi connectivity index (χ4n) is 2.82. The van der Waals surface area contributed by atoms with E-state index in [0.717, 1.165) is 30.3 Å². The van der Waals surface area contributed by atoms with E-state index < -0.39 is 0 Å². The van der Waals surface area contributed by atoms with Crippen molar-refractivity contribution in [2.75, 3.05) is 6.54 Å². The normalized spacial score (nSPS) is 30.6. The van der Waals surface area contributed by atoms with Crippen LogP contribution in [0, 0.1) is 17.8 Å². The molecule has 3 unspecified atom stereocenters. The SMILES string of the molecule is CCNC(C)C1CCCC(C(C)C)C1. The molecule has 1 fully saturated rings. The molecule has 0 bridgehead atoms. The predicted octanol–water partition coefficient (Wildman–Crippen LogP) is 3.45. The monoisotopic (exact) mass is 197 g/mol. The Labute approximate surface area is 89.7 Å². The molecule has 0 amide bonds. The summed E-state index contributed by atoms with van der Waals surface area (Å²) in [6, 6.07) is 0.724. The molecular formula is C13H27N. The van der Waals surface area contributed by atoms with Gasteiger partial charge in [-0.1, -0.05) is 33.6 Å². The summed E-state index contributed by atoms with van der Waals surface area (Å²) >= 11 is 0. The Morgan fingerprint density at radius 2 is 1.79 bits per heavy atom. The Hall–Kier alpha value is -0.0400. The van der Waals surface area contributed by atoms with Gasteiger partial charge < -0.3 is 5.32 Å². The molecule has 0 aromatic heterocycles. The Balaban J connectivity index is 2.39. The Morgan fingerprint density at radius 1 is 1.14 bits per heavy atom. The zero-order chi connectivity index (χ0) is 10.6. The van der Waals surface area contributed by atoms with Crippen molar-refractivity contribution in [3.05, 3.63) is 0 Å². The fraction of sp³-hybridized carbons (Fsp3) is 1.00. The first-order valence-corrected chi connectivity index (χ1v) is 6.38. The van der Waals surface area contributed by atoms with Crippen LogP contribution >= 0.6 is 0 Å². The van der Waals surface area contributed by atoms with Gasteiger partial charge in [-0.3, -0.25) is 0 Å². The molecule has 0 heterocycles. The van der Waals surface area contributed by atoms with E-state index in [0.29, 0.717) is 0 Å². The molecular weight excluding hydrogens is 170 g/mol. The molecule has 0 aromatic carbocycles. The van der Waals surface area contributed by atoms with Gasteiger partial charge in [-0.15, -0.1) is 0 Å². The summed E-state index contributed by atoms with van der Waals surface area (Å²) in [5.41, 5.74) is 0. The first kappa shape index (κ1) is 12.0. The van der Waals surface area contributed by atoms with Crippen molar-refractivity contribution in [1.29, 1.82) is 0 Å². The molecule has 1 N–H and O–H groups in total. The summed E-state index contributed by atoms with van der Waals surface area (Å²) in [7, 11) is 0. The van der Waals surface area contributed by atoms with E-state index in [-0.39, 0.29) is 0 Å². The molecule has 3 atom stereocenters. The number of rotatable bonds is 4. The Morgan fingerprint density at radius 3 is 2.36 bits per heavy atom. The third-order valence-corrected chi connectivity index (χ3v) is 3.93. The van der Waals surface area contributed by atoms with Crippen LogP contribution < -0.4 is 5.32 Å². The minimum absolute atomic E-state index is 0.724. The third-order valence-electron chi connectivity index (χ3n) is 3.93. The summed E-state index contributed by atoms with van der Waals surface area (Å²) in [5.74, 6) is 2.79. The second-order valence-corrected chi connectivity index (χ2v) is 5.28. The largest absolute Gasteiger partial charge is 0.314 e. The summed E-state index contributed by atoms with van der Waals surface area (Å²) < 4.78 is 0. The fourth-order valence-corrected chi connectivity index (χ4v) is 2.82. The van der Waals surface area contributed by atoms with E-state index in [1.54, 1.807) is 0 Å². The quantitative estimate of drug-likeness (QED) is 0.728. The summed E-state index contributed by atoms with van der Waals surface area (Å²) in [6.45, 7) is 10.4. The lowest BCUT2D eigenvalue weighted by atomic mass is 9.74. The van der Waals surface area contributed by atoms with Crippen molar-refractivity contribution in [2.45, 2.75) is 59.4 Å². The highest BCUT2D eigenvalue weighted by Crippen LogP contribution is 2.35. The maximum Gasteiger partial charge on any atom is 0.00669 e. The summed E-state index contributed by atoms with van der Waals surface area (Å²) in [4.78, 5) is 0. The van der Waals surface area contributed by atoms with Crippen LogP contribution in [0.3, 0.4) is 0 Å². The number of hydrogen-bond donors (Lipinski definition) is 1. The molecule has 1 nitrogen and oxygen atoms in total. The predicted molar refractivity (Wildman–Crippen MR) is 63.4 cm³/mol. The van der Waals surface area contributed by atoms with Crippen molar-refractivity contribution < 1.29 is 0 Å². The van der Waals surface area contributed by atoms with Crippen LogP contribution in [-0.4, -0.2) is 12.6 Å². The zero-order valence-electron chi connectivity index (χ0n) is 10.3. The topological polar surface area (TPSA) is 12.0 Å². The van der Waals surface area contributed by atoms with Gasteiger partial charge in [0.05, 0.1) is 0 Å². The van der Waals surface area contributed by atoms with Crippen molar-refractivity contribution in [3.63, 3.8) is 0 Å². The molecule has 1 saturated carbocycles. The molecule has 1 aliphatic rings. The Bertz CT molecular complexity index is 153. The van der Waals surface area contributed by atoms with E-state index in [9.17, 15) is 0 Å². The first-order chi connectivity index (χ1) is 6.65. The van der Waals surface area contributed by atoms with Crippen LogP contribution in [0.5, 0.6) is 0 Å². The molecule has 0 radical (unpaired) electrons. The van der Waals surface area contributed by atoms with Gasteiger partial charge in [-0.2, -0.15) is 0 Å². The van der Waals surface area contributed by atoms with Crippen molar-refractivity contribution in [2.24, 2.45) is 17.8 Å². The van der Waals surface area contributed by atoms with Crippen molar-refractivity contribution in [1.82, 2.24) is 5.32 Å². The van der Waals surface area contributed by atoms with E-state index in [1.807, 2.05) is 0 Å². The van der Waals surface area contributed by atoms with Crippen LogP contribution in [0.15, 0.2) is 0 Å². The van der Waals surface area contributed by atoms with Gasteiger partial charge >= 0.3 is 0 Å². The van der Waals surface area contributed by atoms with Crippen molar-refractivity contribution >= 4 is 0 Å². The van der Waals surface area contributed by atoms with Crippen LogP contribution in [0.4, 0.5) is 0 Å². The van der Waals surface area contributed by atoms with Gasteiger partial charge in [-0.25, -0.2) is 0 Å². The van der Waals surface area contributed by atoms with Gasteiger partial charge in [0.2, 0.25) is 0 Å². The van der Waals surface area contributed by atoms with Gasteiger partial charge in [-0.05, 0) is 44.1 Å². The standard InChI is InChI=1S/C13H27N/c1-5-14-11(4)13-8-6-7-12(9-13)10(2)3/h10-14H,5-9H2,1-4H3. The highest BCUT2D eigenvalue weighted by molar-refractivity contribution is 4.80. The molecule has 1 aliphatic carbocycles. The van der Waals surface area contributed by atoms with Crippen LogP contribution in [-0.2, 0) is 0 Å². The average Bonchev–Trinajstić information content (AvgIpc) is 2.18. The smallest absolute Gasteiger partial charge is 0.00669 e. The average molecular weight is 197 g/mol. The second kappa shape index (κ2) is 5.75. The lowest BCUT2D eigenvalue weighted by Crippen LogP contribution is -2.36. The second-order valence-electron chi connectivity index (χ2n) is 5.28. The molecule has 84 valence electrons. The van der Waals surface area contributed by atoms with E-state index in [4.69, 9.17) is 0 Å². The van der Waals surface area contributed by atoms with Crippen LogP contribution in [0.25, 0.3) is 0 Å². The molecule has 1 rings (SSSR count). The summed E-state index contributed by atoms with van der Waals surface area (Å²) in [5, 5.41) is 3.57. The van der Waals surface area contributed by atoms with E-state index in [1.165, 1.54) is 25.7 Å². The van der Waals surface area contributed by atoms with Crippen LogP contribution in [0.2, 0.25) is 0 Å². The highest BCUT2D eigenvalue weighted by atomic mass is 14.9. The first-order valence-electron chi connectivity index (χ1n) is 6.38. The summed E-state index contributed by atoms with van der Waals surface area (Å²) in [6.07, 6.45) is 5.81. The zero-order valence-corrected chi connectivity index (χ0v) is 10.3. The van der Waals surface area contributed by atoms with Gasteiger partial charge in [0.1, 0.15) is 0 Å². The van der Waals surface area contributed by atoms with Gasteiger partial charge in [0, 0.05) is 6.04 Å². The van der Waals surface area contributed by atoms with Crippen LogP contribution in [0.1, 0.15) is 53.4 Å². The Kier molecular flexibility index (Phi) is 4.94. The van der Waals surface area contributed by atoms with E-state index >= 15 is 0 Å².